The number of aromatic nitrogens is 5. The van der Waals surface area contributed by atoms with Gasteiger partial charge < -0.3 is 15.7 Å². The maximum atomic E-state index is 12.1. The topological polar surface area (TPSA) is 113 Å². The highest BCUT2D eigenvalue weighted by Gasteiger charge is 2.34. The Morgan fingerprint density at radius 2 is 1.84 bits per heavy atom. The van der Waals surface area contributed by atoms with E-state index in [-0.39, 0.29) is 35.4 Å². The van der Waals surface area contributed by atoms with Crippen LogP contribution < -0.4 is 10.6 Å². The number of nitrogens with one attached hydrogen (secondary N) is 2. The van der Waals surface area contributed by atoms with E-state index in [2.05, 4.69) is 69.7 Å². The predicted octanol–water partition coefficient (Wildman–Crippen LogP) is 4.14. The van der Waals surface area contributed by atoms with Crippen molar-refractivity contribution in [1.82, 2.24) is 29.4 Å². The molecule has 0 spiro atoms. The number of nitrogens with zero attached hydrogens (tertiary/aromatic N) is 6. The van der Waals surface area contributed by atoms with Gasteiger partial charge in [0.05, 0.1) is 24.4 Å². The quantitative estimate of drug-likeness (QED) is 0.431. The summed E-state index contributed by atoms with van der Waals surface area (Å²) in [6.45, 7) is 11.2. The molecule has 6 rings (SSSR count). The Morgan fingerprint density at radius 3 is 2.55 bits per heavy atom. The second-order valence-corrected chi connectivity index (χ2v) is 12.2. The van der Waals surface area contributed by atoms with Gasteiger partial charge in [-0.15, -0.1) is 0 Å². The van der Waals surface area contributed by atoms with E-state index in [1.54, 1.807) is 6.20 Å². The molecule has 2 fully saturated rings. The molecule has 0 unspecified atom stereocenters. The lowest BCUT2D eigenvalue weighted by molar-refractivity contribution is -0.117. The lowest BCUT2D eigenvalue weighted by Gasteiger charge is -2.34. The van der Waals surface area contributed by atoms with Gasteiger partial charge in [0.2, 0.25) is 5.91 Å². The molecule has 1 aliphatic heterocycles. The maximum Gasteiger partial charge on any atom is 0.228 e. The molecule has 2 aliphatic carbocycles. The third kappa shape index (κ3) is 5.07. The van der Waals surface area contributed by atoms with Gasteiger partial charge in [0.25, 0.3) is 0 Å². The van der Waals surface area contributed by atoms with Crippen molar-refractivity contribution in [2.24, 2.45) is 5.92 Å². The van der Waals surface area contributed by atoms with Gasteiger partial charge >= 0.3 is 0 Å². The van der Waals surface area contributed by atoms with Crippen molar-refractivity contribution >= 4 is 23.4 Å². The maximum absolute atomic E-state index is 12.1. The third-order valence-corrected chi connectivity index (χ3v) is 7.99. The van der Waals surface area contributed by atoms with Crippen LogP contribution in [0, 0.1) is 5.92 Å². The Hall–Kier alpha value is -3.24. The number of aliphatic hydroxyl groups is 1. The molecule has 1 amide bonds. The van der Waals surface area contributed by atoms with Crippen molar-refractivity contribution in [1.29, 1.82) is 0 Å². The standard InChI is InChI=1S/C28H38N8O2/c1-17-22-14-25(30-26-15-23(28(2,3)4)36(33-26)20-12-21(37)13-20)32-35(22)10-9-34(17)16-18-7-8-29-24(11-18)31-27(38)19-5-6-19/h7-8,11,14-15,17,19-21,37H,5-6,9-10,12-13,16H2,1-4H3,(H,29,31,38)(H,30,32,33)/t17-,20?,21?/m1/s1. The first-order chi connectivity index (χ1) is 18.1. The number of carbonyl (C=O) groups excluding carboxylic acids is 1. The number of fused-ring (bicyclic) bond motifs is 1. The molecule has 10 nitrogen and oxygen atoms in total. The lowest BCUT2D eigenvalue weighted by Crippen LogP contribution is -2.36. The van der Waals surface area contributed by atoms with Crippen molar-refractivity contribution in [3.8, 4) is 0 Å². The fraction of sp³-hybridized carbons (Fsp3) is 0.571. The number of rotatable bonds is 7. The van der Waals surface area contributed by atoms with E-state index in [4.69, 9.17) is 10.2 Å². The van der Waals surface area contributed by atoms with Crippen molar-refractivity contribution in [3.63, 3.8) is 0 Å². The van der Waals surface area contributed by atoms with Crippen LogP contribution >= 0.6 is 0 Å². The van der Waals surface area contributed by atoms with Crippen molar-refractivity contribution in [3.05, 3.63) is 47.4 Å². The number of amides is 1. The second kappa shape index (κ2) is 9.50. The minimum atomic E-state index is -0.224. The molecular weight excluding hydrogens is 480 g/mol. The van der Waals surface area contributed by atoms with E-state index in [0.717, 1.165) is 73.9 Å². The van der Waals surface area contributed by atoms with Gasteiger partial charge in [-0.25, -0.2) is 4.98 Å². The van der Waals surface area contributed by atoms with Gasteiger partial charge in [0, 0.05) is 54.5 Å². The predicted molar refractivity (Wildman–Crippen MR) is 145 cm³/mol. The number of pyridine rings is 1. The molecule has 38 heavy (non-hydrogen) atoms. The van der Waals surface area contributed by atoms with Crippen LogP contribution in [0.1, 0.15) is 82.4 Å². The molecule has 0 bridgehead atoms. The highest BCUT2D eigenvalue weighted by Crippen LogP contribution is 2.37. The summed E-state index contributed by atoms with van der Waals surface area (Å²) in [5.74, 6) is 2.45. The van der Waals surface area contributed by atoms with E-state index in [0.29, 0.717) is 5.82 Å². The van der Waals surface area contributed by atoms with Crippen LogP contribution in [0.15, 0.2) is 30.5 Å². The lowest BCUT2D eigenvalue weighted by atomic mass is 9.87. The molecule has 0 aromatic carbocycles. The van der Waals surface area contributed by atoms with Gasteiger partial charge in [-0.3, -0.25) is 19.1 Å². The molecule has 4 heterocycles. The second-order valence-electron chi connectivity index (χ2n) is 12.2. The summed E-state index contributed by atoms with van der Waals surface area (Å²) in [6.07, 6.45) is 5.01. The highest BCUT2D eigenvalue weighted by atomic mass is 16.3. The zero-order valence-electron chi connectivity index (χ0n) is 22.7. The van der Waals surface area contributed by atoms with Gasteiger partial charge in [0.15, 0.2) is 11.6 Å². The average molecular weight is 519 g/mol. The molecule has 2 saturated carbocycles. The summed E-state index contributed by atoms with van der Waals surface area (Å²) >= 11 is 0. The molecule has 3 aromatic rings. The minimum Gasteiger partial charge on any atom is -0.393 e. The summed E-state index contributed by atoms with van der Waals surface area (Å²) in [4.78, 5) is 18.9. The summed E-state index contributed by atoms with van der Waals surface area (Å²) < 4.78 is 4.17. The largest absolute Gasteiger partial charge is 0.393 e. The number of hydrogen-bond acceptors (Lipinski definition) is 7. The monoisotopic (exact) mass is 518 g/mol. The summed E-state index contributed by atoms with van der Waals surface area (Å²) in [5, 5.41) is 25.9. The highest BCUT2D eigenvalue weighted by molar-refractivity contribution is 5.93. The minimum absolute atomic E-state index is 0.0521. The first-order valence-corrected chi connectivity index (χ1v) is 13.8. The fourth-order valence-corrected chi connectivity index (χ4v) is 5.46. The SMILES string of the molecule is C[C@@H]1c2cc(Nc3cc(C(C)(C)C)n(C4CC(O)C4)n3)nn2CCN1Cc1ccnc(NC(=O)C2CC2)c1. The van der Waals surface area contributed by atoms with Crippen LogP contribution in [0.2, 0.25) is 0 Å². The van der Waals surface area contributed by atoms with Gasteiger partial charge in [0.1, 0.15) is 5.82 Å². The van der Waals surface area contributed by atoms with Crippen LogP contribution in [0.4, 0.5) is 17.5 Å². The summed E-state index contributed by atoms with van der Waals surface area (Å²) in [5.41, 5.74) is 3.40. The Balaban J connectivity index is 1.15. The third-order valence-electron chi connectivity index (χ3n) is 7.99. The normalized spacial score (nSPS) is 23.6. The van der Waals surface area contributed by atoms with Crippen LogP contribution in [-0.4, -0.2) is 53.1 Å². The fourth-order valence-electron chi connectivity index (χ4n) is 5.46. The average Bonchev–Trinajstić information content (AvgIpc) is 3.48. The van der Waals surface area contributed by atoms with Crippen molar-refractivity contribution in [2.45, 2.75) is 90.1 Å². The van der Waals surface area contributed by atoms with E-state index < -0.39 is 0 Å². The van der Waals surface area contributed by atoms with Gasteiger partial charge in [-0.2, -0.15) is 10.2 Å². The van der Waals surface area contributed by atoms with Gasteiger partial charge in [-0.1, -0.05) is 20.8 Å². The first kappa shape index (κ1) is 25.1. The van der Waals surface area contributed by atoms with E-state index >= 15 is 0 Å². The summed E-state index contributed by atoms with van der Waals surface area (Å²) in [7, 11) is 0. The molecule has 10 heteroatoms. The zero-order valence-corrected chi connectivity index (χ0v) is 22.7. The molecule has 202 valence electrons. The molecule has 0 radical (unpaired) electrons. The zero-order chi connectivity index (χ0) is 26.6. The Bertz CT molecular complexity index is 1330. The van der Waals surface area contributed by atoms with E-state index in [1.807, 2.05) is 12.1 Å². The Kier molecular flexibility index (Phi) is 6.26. The van der Waals surface area contributed by atoms with Crippen LogP contribution in [0.5, 0.6) is 0 Å². The van der Waals surface area contributed by atoms with Crippen molar-refractivity contribution in [2.75, 3.05) is 17.2 Å². The molecule has 3 aliphatic rings. The Morgan fingerprint density at radius 1 is 1.08 bits per heavy atom. The molecule has 3 N–H and O–H groups in total. The smallest absolute Gasteiger partial charge is 0.228 e. The van der Waals surface area contributed by atoms with E-state index in [9.17, 15) is 9.90 Å². The molecular formula is C28H38N8O2. The molecule has 0 saturated heterocycles. The Labute approximate surface area is 223 Å². The van der Waals surface area contributed by atoms with Crippen LogP contribution in [0.25, 0.3) is 0 Å². The van der Waals surface area contributed by atoms with E-state index in [1.165, 1.54) is 0 Å². The first-order valence-electron chi connectivity index (χ1n) is 13.8. The number of hydrogen-bond donors (Lipinski definition) is 3. The number of aliphatic hydroxyl groups excluding tert-OH is 1. The summed E-state index contributed by atoms with van der Waals surface area (Å²) in [6, 6.07) is 8.66. The molecule has 3 aromatic heterocycles. The number of carbonyl (C=O) groups is 1. The van der Waals surface area contributed by atoms with Gasteiger partial charge in [-0.05, 0) is 50.3 Å². The van der Waals surface area contributed by atoms with Crippen LogP contribution in [0.3, 0.4) is 0 Å². The van der Waals surface area contributed by atoms with Crippen LogP contribution in [-0.2, 0) is 23.3 Å². The molecule has 1 atom stereocenters. The number of anilines is 3. The van der Waals surface area contributed by atoms with Crippen molar-refractivity contribution < 1.29 is 9.90 Å².